The van der Waals surface area contributed by atoms with Crippen LogP contribution in [-0.2, 0) is 0 Å². The van der Waals surface area contributed by atoms with Crippen molar-refractivity contribution in [3.8, 4) is 67.3 Å². The standard InChI is InChI=1S/2C48H30N2O/c1-2-13-34(14-3-1)49-42-20-7-4-16-37(42)40-29-31(24-26-44(40)49)32-25-27-45-41(30-32)38-17-5-8-21-43(38)50(45)35-15-10-12-33(28-35)36-19-11-23-47-48(36)39-18-6-9-22-46(39)51-47;1-2-11-34(12-3-1)49-42-17-7-4-13-37(42)40-29-32(23-27-44(40)49)33-24-28-45-41(30-33)38-14-5-8-18-43(38)50(45)35-25-21-31(22-26-35)36-16-10-20-47-48(36)39-15-6-9-19-46(39)51-47/h2*1-30H. The predicted octanol–water partition coefficient (Wildman–Crippen LogP) is 26.2. The van der Waals surface area contributed by atoms with Crippen molar-refractivity contribution >= 4 is 131 Å². The van der Waals surface area contributed by atoms with Gasteiger partial charge in [-0.15, -0.1) is 0 Å². The smallest absolute Gasteiger partial charge is 0.136 e. The van der Waals surface area contributed by atoms with E-state index in [1.807, 2.05) is 24.3 Å². The number of fused-ring (bicyclic) bond motifs is 18. The largest absolute Gasteiger partial charge is 0.456 e. The fourth-order valence-electron chi connectivity index (χ4n) is 16.5. The van der Waals surface area contributed by atoms with E-state index in [-0.39, 0.29) is 0 Å². The molecule has 0 unspecified atom stereocenters. The molecule has 0 radical (unpaired) electrons. The van der Waals surface area contributed by atoms with Gasteiger partial charge in [-0.2, -0.15) is 0 Å². The Balaban J connectivity index is 0.000000133. The van der Waals surface area contributed by atoms with E-state index in [9.17, 15) is 0 Å². The quantitative estimate of drug-likeness (QED) is 0.152. The molecule has 0 aliphatic rings. The lowest BCUT2D eigenvalue weighted by Crippen LogP contribution is -1.94. The van der Waals surface area contributed by atoms with Crippen molar-refractivity contribution in [2.45, 2.75) is 0 Å². The monoisotopic (exact) mass is 1300 g/mol. The molecule has 0 fully saturated rings. The first-order valence-electron chi connectivity index (χ1n) is 34.9. The Morgan fingerprint density at radius 3 is 0.843 bits per heavy atom. The van der Waals surface area contributed by atoms with E-state index in [0.717, 1.165) is 60.8 Å². The van der Waals surface area contributed by atoms with Crippen LogP contribution >= 0.6 is 0 Å². The summed E-state index contributed by atoms with van der Waals surface area (Å²) in [6, 6.07) is 131. The molecule has 6 aromatic heterocycles. The first-order chi connectivity index (χ1) is 50.6. The molecule has 22 aromatic rings. The maximum Gasteiger partial charge on any atom is 0.136 e. The Kier molecular flexibility index (Phi) is 12.9. The van der Waals surface area contributed by atoms with Crippen molar-refractivity contribution in [3.05, 3.63) is 364 Å². The van der Waals surface area contributed by atoms with Gasteiger partial charge in [0, 0.05) is 87.4 Å². The Bertz CT molecular complexity index is 7120. The minimum Gasteiger partial charge on any atom is -0.456 e. The number of aromatic nitrogens is 4. The third-order valence-corrected chi connectivity index (χ3v) is 21.0. The number of nitrogens with zero attached hydrogens (tertiary/aromatic N) is 4. The third kappa shape index (κ3) is 8.99. The lowest BCUT2D eigenvalue weighted by Gasteiger charge is -2.11. The second-order valence-electron chi connectivity index (χ2n) is 26.7. The molecule has 476 valence electrons. The number of benzene rings is 16. The van der Waals surface area contributed by atoms with Gasteiger partial charge >= 0.3 is 0 Å². The summed E-state index contributed by atoms with van der Waals surface area (Å²) < 4.78 is 22.0. The normalized spacial score (nSPS) is 11.9. The molecule has 22 rings (SSSR count). The van der Waals surface area contributed by atoms with Crippen molar-refractivity contribution in [2.75, 3.05) is 0 Å². The first-order valence-corrected chi connectivity index (χ1v) is 34.9. The van der Waals surface area contributed by atoms with Gasteiger partial charge in [-0.25, -0.2) is 0 Å². The molecule has 0 saturated heterocycles. The molecule has 0 atom stereocenters. The number of furan rings is 2. The van der Waals surface area contributed by atoms with Gasteiger partial charge in [0.05, 0.1) is 44.1 Å². The van der Waals surface area contributed by atoms with Crippen LogP contribution in [0.1, 0.15) is 0 Å². The summed E-state index contributed by atoms with van der Waals surface area (Å²) >= 11 is 0. The minimum atomic E-state index is 0.909. The highest BCUT2D eigenvalue weighted by molar-refractivity contribution is 6.17. The fraction of sp³-hybridized carbons (Fsp3) is 0. The van der Waals surface area contributed by atoms with Crippen molar-refractivity contribution in [1.29, 1.82) is 0 Å². The van der Waals surface area contributed by atoms with E-state index in [0.29, 0.717) is 0 Å². The molecule has 16 aromatic carbocycles. The Morgan fingerprint density at radius 2 is 0.441 bits per heavy atom. The summed E-state index contributed by atoms with van der Waals surface area (Å²) in [5.41, 5.74) is 27.4. The van der Waals surface area contributed by atoms with Gasteiger partial charge in [-0.1, -0.05) is 218 Å². The van der Waals surface area contributed by atoms with E-state index < -0.39 is 0 Å². The van der Waals surface area contributed by atoms with Crippen LogP contribution in [0.15, 0.2) is 373 Å². The molecule has 102 heavy (non-hydrogen) atoms. The van der Waals surface area contributed by atoms with Crippen LogP contribution in [0.25, 0.3) is 198 Å². The molecular formula is C96H60N4O2. The average molecular weight is 1300 g/mol. The van der Waals surface area contributed by atoms with E-state index >= 15 is 0 Å². The number of para-hydroxylation sites is 8. The van der Waals surface area contributed by atoms with Gasteiger partial charge in [0.1, 0.15) is 22.3 Å². The zero-order chi connectivity index (χ0) is 66.9. The number of hydrogen-bond donors (Lipinski definition) is 0. The summed E-state index contributed by atoms with van der Waals surface area (Å²) in [5.74, 6) is 0. The number of rotatable bonds is 8. The van der Waals surface area contributed by atoms with Gasteiger partial charge in [-0.3, -0.25) is 0 Å². The van der Waals surface area contributed by atoms with Crippen molar-refractivity contribution in [1.82, 2.24) is 18.3 Å². The molecule has 0 amide bonds. The lowest BCUT2D eigenvalue weighted by atomic mass is 9.99. The maximum atomic E-state index is 6.24. The molecule has 0 aliphatic heterocycles. The first kappa shape index (κ1) is 57.4. The van der Waals surface area contributed by atoms with Crippen LogP contribution in [0.3, 0.4) is 0 Å². The molecule has 6 heterocycles. The number of hydrogen-bond acceptors (Lipinski definition) is 2. The van der Waals surface area contributed by atoms with E-state index in [1.54, 1.807) is 0 Å². The van der Waals surface area contributed by atoms with Crippen molar-refractivity contribution in [3.63, 3.8) is 0 Å². The maximum absolute atomic E-state index is 6.24. The highest BCUT2D eigenvalue weighted by atomic mass is 16.3. The predicted molar refractivity (Wildman–Crippen MR) is 427 cm³/mol. The average Bonchev–Trinajstić information content (AvgIpc) is 1.58. The van der Waals surface area contributed by atoms with E-state index in [1.165, 1.54) is 138 Å². The minimum absolute atomic E-state index is 0.909. The molecule has 0 spiro atoms. The van der Waals surface area contributed by atoms with Crippen LogP contribution in [0, 0.1) is 0 Å². The lowest BCUT2D eigenvalue weighted by molar-refractivity contribution is 0.668. The van der Waals surface area contributed by atoms with E-state index in [4.69, 9.17) is 8.83 Å². The van der Waals surface area contributed by atoms with Crippen LogP contribution < -0.4 is 0 Å². The highest BCUT2D eigenvalue weighted by Gasteiger charge is 2.21. The zero-order valence-electron chi connectivity index (χ0n) is 55.2. The summed E-state index contributed by atoms with van der Waals surface area (Å²) in [6.07, 6.45) is 0. The van der Waals surface area contributed by atoms with Crippen LogP contribution in [0.2, 0.25) is 0 Å². The molecule has 6 heteroatoms. The van der Waals surface area contributed by atoms with E-state index in [2.05, 4.69) is 358 Å². The molecule has 0 N–H and O–H groups in total. The summed E-state index contributed by atoms with van der Waals surface area (Å²) in [4.78, 5) is 0. The Hall–Kier alpha value is -13.7. The third-order valence-electron chi connectivity index (χ3n) is 21.0. The summed E-state index contributed by atoms with van der Waals surface area (Å²) in [6.45, 7) is 0. The SMILES string of the molecule is c1ccc(-n2c3ccccc3c3cc(-c4ccc5c(c4)c4ccccc4n5-c4ccc(-c5cccc6oc7ccccc7c56)cc4)ccc32)cc1.c1ccc(-n2c3ccccc3c3cc(-c4ccc5c(c4)c4ccccc4n5-c4cccc(-c5cccc6oc7ccccc7c56)c4)ccc32)cc1. The summed E-state index contributed by atoms with van der Waals surface area (Å²) in [5, 5.41) is 14.6. The van der Waals surface area contributed by atoms with Crippen molar-refractivity contribution in [2.24, 2.45) is 0 Å². The fourth-order valence-corrected chi connectivity index (χ4v) is 16.5. The summed E-state index contributed by atoms with van der Waals surface area (Å²) in [7, 11) is 0. The second-order valence-corrected chi connectivity index (χ2v) is 26.7. The molecular weight excluding hydrogens is 1240 g/mol. The van der Waals surface area contributed by atoms with Gasteiger partial charge in [0.2, 0.25) is 0 Å². The molecule has 6 nitrogen and oxygen atoms in total. The van der Waals surface area contributed by atoms with Gasteiger partial charge < -0.3 is 27.1 Å². The second kappa shape index (κ2) is 23.0. The van der Waals surface area contributed by atoms with Crippen LogP contribution in [0.5, 0.6) is 0 Å². The highest BCUT2D eigenvalue weighted by Crippen LogP contribution is 2.44. The molecule has 0 bridgehead atoms. The topological polar surface area (TPSA) is 46.0 Å². The van der Waals surface area contributed by atoms with Crippen LogP contribution in [-0.4, -0.2) is 18.3 Å². The van der Waals surface area contributed by atoms with Gasteiger partial charge in [0.25, 0.3) is 0 Å². The molecule has 0 aliphatic carbocycles. The van der Waals surface area contributed by atoms with Gasteiger partial charge in [0.15, 0.2) is 0 Å². The Labute approximate surface area is 585 Å². The van der Waals surface area contributed by atoms with Crippen molar-refractivity contribution < 1.29 is 8.83 Å². The Morgan fingerprint density at radius 1 is 0.157 bits per heavy atom. The van der Waals surface area contributed by atoms with Gasteiger partial charge in [-0.05, 0) is 190 Å². The molecule has 0 saturated carbocycles. The van der Waals surface area contributed by atoms with Crippen LogP contribution in [0.4, 0.5) is 0 Å². The zero-order valence-corrected chi connectivity index (χ0v) is 55.2.